The molecule has 0 saturated heterocycles. The van der Waals surface area contributed by atoms with Crippen LogP contribution >= 0.6 is 0 Å². The van der Waals surface area contributed by atoms with Gasteiger partial charge in [0, 0.05) is 13.6 Å². The van der Waals surface area contributed by atoms with Gasteiger partial charge in [0.05, 0.1) is 17.2 Å². The predicted octanol–water partition coefficient (Wildman–Crippen LogP) is 0.782. The Hall–Kier alpha value is -1.12. The van der Waals surface area contributed by atoms with Gasteiger partial charge in [0.15, 0.2) is 0 Å². The first kappa shape index (κ1) is 16.9. The number of hydrogen-bond donors (Lipinski definition) is 1. The average Bonchev–Trinajstić information content (AvgIpc) is 2.38. The SMILES string of the molecule is CCCS(=O)(=O)NCCS(=O)(=O)N(C)c1ccccc1. The van der Waals surface area contributed by atoms with Crippen molar-refractivity contribution in [2.24, 2.45) is 0 Å². The Morgan fingerprint density at radius 3 is 2.20 bits per heavy atom. The lowest BCUT2D eigenvalue weighted by atomic mass is 10.3. The van der Waals surface area contributed by atoms with E-state index >= 15 is 0 Å². The van der Waals surface area contributed by atoms with Crippen molar-refractivity contribution in [2.45, 2.75) is 13.3 Å². The van der Waals surface area contributed by atoms with Crippen molar-refractivity contribution in [3.63, 3.8) is 0 Å². The van der Waals surface area contributed by atoms with Crippen LogP contribution in [0.5, 0.6) is 0 Å². The van der Waals surface area contributed by atoms with Crippen molar-refractivity contribution < 1.29 is 16.8 Å². The van der Waals surface area contributed by atoms with E-state index in [-0.39, 0.29) is 18.1 Å². The maximum Gasteiger partial charge on any atom is 0.236 e. The predicted molar refractivity (Wildman–Crippen MR) is 80.7 cm³/mol. The molecule has 1 rings (SSSR count). The number of hydrogen-bond acceptors (Lipinski definition) is 4. The number of benzene rings is 1. The normalized spacial score (nSPS) is 12.3. The second kappa shape index (κ2) is 7.05. The summed E-state index contributed by atoms with van der Waals surface area (Å²) in [5, 5.41) is 0. The third-order valence-electron chi connectivity index (χ3n) is 2.69. The zero-order valence-corrected chi connectivity index (χ0v) is 13.2. The van der Waals surface area contributed by atoms with Gasteiger partial charge in [-0.15, -0.1) is 0 Å². The summed E-state index contributed by atoms with van der Waals surface area (Å²) in [6.07, 6.45) is 0.492. The van der Waals surface area contributed by atoms with E-state index < -0.39 is 20.0 Å². The van der Waals surface area contributed by atoms with Gasteiger partial charge in [0.25, 0.3) is 0 Å². The van der Waals surface area contributed by atoms with Gasteiger partial charge in [-0.3, -0.25) is 4.31 Å². The zero-order valence-electron chi connectivity index (χ0n) is 11.6. The Kier molecular flexibility index (Phi) is 5.97. The Morgan fingerprint density at radius 1 is 1.05 bits per heavy atom. The van der Waals surface area contributed by atoms with E-state index in [1.165, 1.54) is 7.05 Å². The summed E-state index contributed by atoms with van der Waals surface area (Å²) in [4.78, 5) is 0. The van der Waals surface area contributed by atoms with Gasteiger partial charge in [0.2, 0.25) is 20.0 Å². The van der Waals surface area contributed by atoms with E-state index in [1.54, 1.807) is 37.3 Å². The first-order chi connectivity index (χ1) is 9.28. The van der Waals surface area contributed by atoms with Crippen molar-refractivity contribution in [1.82, 2.24) is 4.72 Å². The maximum absolute atomic E-state index is 12.1. The highest BCUT2D eigenvalue weighted by Crippen LogP contribution is 2.14. The molecular weight excluding hydrogens is 300 g/mol. The zero-order chi connectivity index (χ0) is 15.2. The number of nitrogens with zero attached hydrogens (tertiary/aromatic N) is 1. The number of anilines is 1. The summed E-state index contributed by atoms with van der Waals surface area (Å²) >= 11 is 0. The Labute approximate surface area is 120 Å². The van der Waals surface area contributed by atoms with Crippen LogP contribution in [0, 0.1) is 0 Å². The van der Waals surface area contributed by atoms with E-state index in [0.717, 1.165) is 4.31 Å². The summed E-state index contributed by atoms with van der Waals surface area (Å²) in [5.74, 6) is -0.275. The summed E-state index contributed by atoms with van der Waals surface area (Å²) in [7, 11) is -5.47. The fourth-order valence-corrected chi connectivity index (χ4v) is 3.90. The Morgan fingerprint density at radius 2 is 1.65 bits per heavy atom. The van der Waals surface area contributed by atoms with E-state index in [9.17, 15) is 16.8 Å². The van der Waals surface area contributed by atoms with Gasteiger partial charge in [-0.05, 0) is 18.6 Å². The molecule has 0 saturated carbocycles. The first-order valence-electron chi connectivity index (χ1n) is 6.27. The molecule has 0 atom stereocenters. The average molecular weight is 320 g/mol. The molecule has 0 aromatic heterocycles. The molecule has 1 aromatic carbocycles. The molecule has 0 unspecified atom stereocenters. The minimum Gasteiger partial charge on any atom is -0.273 e. The molecule has 0 amide bonds. The van der Waals surface area contributed by atoms with Gasteiger partial charge in [-0.25, -0.2) is 21.6 Å². The molecule has 114 valence electrons. The van der Waals surface area contributed by atoms with Crippen LogP contribution in [-0.2, 0) is 20.0 Å². The molecule has 0 fully saturated rings. The number of nitrogens with one attached hydrogen (secondary N) is 1. The van der Waals surface area contributed by atoms with Crippen molar-refractivity contribution in [3.8, 4) is 0 Å². The molecule has 0 radical (unpaired) electrons. The van der Waals surface area contributed by atoms with E-state index in [1.807, 2.05) is 0 Å². The fourth-order valence-electron chi connectivity index (χ4n) is 1.60. The highest BCUT2D eigenvalue weighted by Gasteiger charge is 2.19. The fraction of sp³-hybridized carbons (Fsp3) is 0.500. The quantitative estimate of drug-likeness (QED) is 0.767. The molecule has 6 nitrogen and oxygen atoms in total. The van der Waals surface area contributed by atoms with Crippen LogP contribution in [0.1, 0.15) is 13.3 Å². The highest BCUT2D eigenvalue weighted by atomic mass is 32.2. The van der Waals surface area contributed by atoms with E-state index in [0.29, 0.717) is 12.1 Å². The third kappa shape index (κ3) is 5.10. The van der Waals surface area contributed by atoms with Crippen molar-refractivity contribution in [3.05, 3.63) is 30.3 Å². The van der Waals surface area contributed by atoms with Crippen LogP contribution in [0.15, 0.2) is 30.3 Å². The smallest absolute Gasteiger partial charge is 0.236 e. The Bertz CT molecular complexity index is 612. The summed E-state index contributed by atoms with van der Waals surface area (Å²) < 4.78 is 50.4. The van der Waals surface area contributed by atoms with Crippen LogP contribution in [0.25, 0.3) is 0 Å². The van der Waals surface area contributed by atoms with Gasteiger partial charge in [-0.1, -0.05) is 25.1 Å². The molecule has 20 heavy (non-hydrogen) atoms. The monoisotopic (exact) mass is 320 g/mol. The number of rotatable bonds is 8. The highest BCUT2D eigenvalue weighted by molar-refractivity contribution is 7.93. The van der Waals surface area contributed by atoms with Crippen molar-refractivity contribution >= 4 is 25.7 Å². The van der Waals surface area contributed by atoms with Crippen LogP contribution < -0.4 is 9.03 Å². The largest absolute Gasteiger partial charge is 0.273 e. The van der Waals surface area contributed by atoms with Crippen molar-refractivity contribution in [1.29, 1.82) is 0 Å². The lowest BCUT2D eigenvalue weighted by molar-refractivity contribution is 0.579. The lowest BCUT2D eigenvalue weighted by Crippen LogP contribution is -2.36. The minimum atomic E-state index is -3.54. The molecule has 0 spiro atoms. The molecule has 1 N–H and O–H groups in total. The van der Waals surface area contributed by atoms with Gasteiger partial charge in [0.1, 0.15) is 0 Å². The van der Waals surface area contributed by atoms with E-state index in [2.05, 4.69) is 4.72 Å². The van der Waals surface area contributed by atoms with Gasteiger partial charge < -0.3 is 0 Å². The Balaban J connectivity index is 2.63. The number of para-hydroxylation sites is 1. The van der Waals surface area contributed by atoms with Gasteiger partial charge in [-0.2, -0.15) is 0 Å². The van der Waals surface area contributed by atoms with Crippen LogP contribution in [0.2, 0.25) is 0 Å². The number of sulfonamides is 2. The third-order valence-corrected chi connectivity index (χ3v) is 6.05. The molecule has 0 aliphatic heterocycles. The van der Waals surface area contributed by atoms with Crippen LogP contribution in [0.3, 0.4) is 0 Å². The second-order valence-electron chi connectivity index (χ2n) is 4.33. The van der Waals surface area contributed by atoms with Crippen LogP contribution in [-0.4, -0.2) is 41.9 Å². The second-order valence-corrected chi connectivity index (χ2v) is 8.38. The summed E-state index contributed by atoms with van der Waals surface area (Å²) in [6.45, 7) is 1.63. The summed E-state index contributed by atoms with van der Waals surface area (Å²) in [6, 6.07) is 8.64. The first-order valence-corrected chi connectivity index (χ1v) is 9.53. The van der Waals surface area contributed by atoms with Gasteiger partial charge >= 0.3 is 0 Å². The molecule has 0 aliphatic carbocycles. The molecule has 0 bridgehead atoms. The molecule has 0 aliphatic rings. The van der Waals surface area contributed by atoms with Crippen molar-refractivity contribution in [2.75, 3.05) is 29.4 Å². The maximum atomic E-state index is 12.1. The lowest BCUT2D eigenvalue weighted by Gasteiger charge is -2.19. The molecule has 0 heterocycles. The molecular formula is C12H20N2O4S2. The molecule has 1 aromatic rings. The topological polar surface area (TPSA) is 83.5 Å². The minimum absolute atomic E-state index is 0.00156. The van der Waals surface area contributed by atoms with Crippen LogP contribution in [0.4, 0.5) is 5.69 Å². The molecule has 8 heteroatoms. The summed E-state index contributed by atoms with van der Waals surface area (Å²) in [5.41, 5.74) is 0.545. The standard InChI is InChI=1S/C12H20N2O4S2/c1-3-10-19(15,16)13-9-11-20(17,18)14(2)12-7-5-4-6-8-12/h4-8,13H,3,9-11H2,1-2H3. The van der Waals surface area contributed by atoms with E-state index in [4.69, 9.17) is 0 Å².